The van der Waals surface area contributed by atoms with E-state index >= 15 is 0 Å². The van der Waals surface area contributed by atoms with Gasteiger partial charge in [-0.25, -0.2) is 8.78 Å². The average Bonchev–Trinajstić information content (AvgIpc) is 2.45. The van der Waals surface area contributed by atoms with Gasteiger partial charge in [0.25, 0.3) is 0 Å². The van der Waals surface area contributed by atoms with E-state index in [9.17, 15) is 18.7 Å². The molecule has 2 aromatic carbocycles. The molecule has 2 rings (SSSR count). The van der Waals surface area contributed by atoms with Gasteiger partial charge in [-0.05, 0) is 35.4 Å². The summed E-state index contributed by atoms with van der Waals surface area (Å²) in [6.45, 7) is 0. The molecule has 0 aliphatic heterocycles. The second-order valence-electron chi connectivity index (χ2n) is 4.18. The fraction of sp³-hybridized carbons (Fsp3) is 0.133. The van der Waals surface area contributed by atoms with E-state index in [0.717, 1.165) is 23.9 Å². The Balaban J connectivity index is 2.30. The van der Waals surface area contributed by atoms with Crippen LogP contribution in [0, 0.1) is 11.6 Å². The Labute approximate surface area is 124 Å². The van der Waals surface area contributed by atoms with Crippen molar-refractivity contribution in [2.75, 3.05) is 12.9 Å². The minimum absolute atomic E-state index is 0.0115. The van der Waals surface area contributed by atoms with E-state index in [4.69, 9.17) is 0 Å². The summed E-state index contributed by atoms with van der Waals surface area (Å²) in [6, 6.07) is 8.43. The molecule has 6 heteroatoms. The Bertz CT molecular complexity index is 651. The van der Waals surface area contributed by atoms with Crippen LogP contribution in [0.15, 0.2) is 41.3 Å². The van der Waals surface area contributed by atoms with Crippen molar-refractivity contribution in [1.29, 1.82) is 0 Å². The first-order valence-electron chi connectivity index (χ1n) is 5.99. The van der Waals surface area contributed by atoms with Crippen molar-refractivity contribution < 1.29 is 23.4 Å². The quantitative estimate of drug-likeness (QED) is 0.692. The Morgan fingerprint density at radius 2 is 1.86 bits per heavy atom. The van der Waals surface area contributed by atoms with Crippen molar-refractivity contribution >= 4 is 17.7 Å². The molecule has 21 heavy (non-hydrogen) atoms. The van der Waals surface area contributed by atoms with Crippen molar-refractivity contribution in [3.8, 4) is 16.9 Å². The maximum atomic E-state index is 14.0. The SMILES string of the molecule is COC(=O)CSc1c(F)cc(-c2cccc(O)c2)cc1F. The number of phenolic OH excluding ortho intramolecular Hbond substituents is 1. The molecule has 0 fully saturated rings. The van der Waals surface area contributed by atoms with E-state index < -0.39 is 17.6 Å². The number of ether oxygens (including phenoxy) is 1. The first-order chi connectivity index (χ1) is 10.0. The molecule has 0 bridgehead atoms. The Hall–Kier alpha value is -2.08. The Morgan fingerprint density at radius 3 is 2.43 bits per heavy atom. The van der Waals surface area contributed by atoms with Gasteiger partial charge in [0.05, 0.1) is 17.8 Å². The first kappa shape index (κ1) is 15.3. The highest BCUT2D eigenvalue weighted by Crippen LogP contribution is 2.31. The van der Waals surface area contributed by atoms with Crippen molar-refractivity contribution in [2.45, 2.75) is 4.90 Å². The summed E-state index contributed by atoms with van der Waals surface area (Å²) in [5.74, 6) is -2.24. The van der Waals surface area contributed by atoms with Crippen molar-refractivity contribution in [3.63, 3.8) is 0 Å². The fourth-order valence-corrected chi connectivity index (χ4v) is 2.51. The molecule has 0 aromatic heterocycles. The molecule has 0 unspecified atom stereocenters. The summed E-state index contributed by atoms with van der Waals surface area (Å²) >= 11 is 0.739. The molecule has 0 radical (unpaired) electrons. The summed E-state index contributed by atoms with van der Waals surface area (Å²) in [5.41, 5.74) is 0.806. The maximum Gasteiger partial charge on any atom is 0.315 e. The van der Waals surface area contributed by atoms with E-state index in [1.807, 2.05) is 0 Å². The summed E-state index contributed by atoms with van der Waals surface area (Å²) < 4.78 is 32.4. The van der Waals surface area contributed by atoms with Crippen molar-refractivity contribution in [2.24, 2.45) is 0 Å². The first-order valence-corrected chi connectivity index (χ1v) is 6.98. The van der Waals surface area contributed by atoms with Gasteiger partial charge < -0.3 is 9.84 Å². The standard InChI is InChI=1S/C15H12F2O3S/c1-20-14(19)8-21-15-12(16)6-10(7-13(15)17)9-3-2-4-11(18)5-9/h2-7,18H,8H2,1H3. The van der Waals surface area contributed by atoms with Crippen LogP contribution in [-0.4, -0.2) is 23.9 Å². The van der Waals surface area contributed by atoms with Crippen LogP contribution in [0.4, 0.5) is 8.78 Å². The van der Waals surface area contributed by atoms with Gasteiger partial charge in [0.15, 0.2) is 0 Å². The van der Waals surface area contributed by atoms with Crippen LogP contribution >= 0.6 is 11.8 Å². The van der Waals surface area contributed by atoms with Crippen LogP contribution in [0.3, 0.4) is 0 Å². The van der Waals surface area contributed by atoms with E-state index in [1.54, 1.807) is 12.1 Å². The highest BCUT2D eigenvalue weighted by molar-refractivity contribution is 8.00. The molecule has 0 saturated carbocycles. The van der Waals surface area contributed by atoms with Crippen LogP contribution in [0.1, 0.15) is 0 Å². The lowest BCUT2D eigenvalue weighted by molar-refractivity contribution is -0.137. The number of carbonyl (C=O) groups excluding carboxylic acids is 1. The zero-order chi connectivity index (χ0) is 15.4. The zero-order valence-electron chi connectivity index (χ0n) is 11.1. The average molecular weight is 310 g/mol. The second kappa shape index (κ2) is 6.58. The van der Waals surface area contributed by atoms with Crippen LogP contribution in [0.5, 0.6) is 5.75 Å². The fourth-order valence-electron chi connectivity index (χ4n) is 1.74. The molecule has 0 amide bonds. The smallest absolute Gasteiger partial charge is 0.315 e. The molecule has 0 spiro atoms. The van der Waals surface area contributed by atoms with E-state index in [1.165, 1.54) is 19.2 Å². The van der Waals surface area contributed by atoms with Crippen LogP contribution < -0.4 is 0 Å². The molecule has 0 aliphatic rings. The topological polar surface area (TPSA) is 46.5 Å². The predicted molar refractivity (Wildman–Crippen MR) is 76.2 cm³/mol. The minimum Gasteiger partial charge on any atom is -0.508 e. The molecule has 1 N–H and O–H groups in total. The Morgan fingerprint density at radius 1 is 1.19 bits per heavy atom. The molecular weight excluding hydrogens is 298 g/mol. The lowest BCUT2D eigenvalue weighted by atomic mass is 10.1. The number of rotatable bonds is 4. The summed E-state index contributed by atoms with van der Waals surface area (Å²) in [7, 11) is 1.21. The van der Waals surface area contributed by atoms with Gasteiger partial charge in [-0.2, -0.15) is 0 Å². The molecule has 0 atom stereocenters. The number of halogens is 2. The monoisotopic (exact) mass is 310 g/mol. The summed E-state index contributed by atoms with van der Waals surface area (Å²) in [6.07, 6.45) is 0. The molecular formula is C15H12F2O3S. The minimum atomic E-state index is -0.762. The number of phenols is 1. The van der Waals surface area contributed by atoms with Gasteiger partial charge in [-0.15, -0.1) is 11.8 Å². The maximum absolute atomic E-state index is 14.0. The van der Waals surface area contributed by atoms with Gasteiger partial charge in [-0.1, -0.05) is 12.1 Å². The van der Waals surface area contributed by atoms with Gasteiger partial charge >= 0.3 is 5.97 Å². The third-order valence-corrected chi connectivity index (χ3v) is 3.80. The van der Waals surface area contributed by atoms with Gasteiger partial charge in [0.2, 0.25) is 0 Å². The van der Waals surface area contributed by atoms with Crippen LogP contribution in [-0.2, 0) is 9.53 Å². The molecule has 0 aliphatic carbocycles. The third-order valence-electron chi connectivity index (χ3n) is 2.74. The number of aromatic hydroxyl groups is 1. The van der Waals surface area contributed by atoms with E-state index in [-0.39, 0.29) is 16.4 Å². The summed E-state index contributed by atoms with van der Waals surface area (Å²) in [4.78, 5) is 10.8. The normalized spacial score (nSPS) is 10.4. The van der Waals surface area contributed by atoms with Crippen molar-refractivity contribution in [3.05, 3.63) is 48.0 Å². The zero-order valence-corrected chi connectivity index (χ0v) is 11.9. The number of hydrogen-bond donors (Lipinski definition) is 1. The number of benzene rings is 2. The lowest BCUT2D eigenvalue weighted by Crippen LogP contribution is -2.04. The number of methoxy groups -OCH3 is 1. The predicted octanol–water partition coefficient (Wildman–Crippen LogP) is 3.60. The largest absolute Gasteiger partial charge is 0.508 e. The van der Waals surface area contributed by atoms with Gasteiger partial charge in [0.1, 0.15) is 17.4 Å². The lowest BCUT2D eigenvalue weighted by Gasteiger charge is -2.08. The Kier molecular flexibility index (Phi) is 4.80. The highest BCUT2D eigenvalue weighted by atomic mass is 32.2. The van der Waals surface area contributed by atoms with Crippen molar-refractivity contribution in [1.82, 2.24) is 0 Å². The molecule has 0 heterocycles. The number of esters is 1. The van der Waals surface area contributed by atoms with Gasteiger partial charge in [0, 0.05) is 0 Å². The number of carbonyl (C=O) groups is 1. The second-order valence-corrected chi connectivity index (χ2v) is 5.17. The number of thioether (sulfide) groups is 1. The molecule has 110 valence electrons. The summed E-state index contributed by atoms with van der Waals surface area (Å²) in [5, 5.41) is 9.40. The van der Waals surface area contributed by atoms with E-state index in [2.05, 4.69) is 4.74 Å². The van der Waals surface area contributed by atoms with Crippen LogP contribution in [0.2, 0.25) is 0 Å². The molecule has 2 aromatic rings. The van der Waals surface area contributed by atoms with E-state index in [0.29, 0.717) is 11.1 Å². The highest BCUT2D eigenvalue weighted by Gasteiger charge is 2.14. The molecule has 3 nitrogen and oxygen atoms in total. The van der Waals surface area contributed by atoms with Gasteiger partial charge in [-0.3, -0.25) is 4.79 Å². The number of hydrogen-bond acceptors (Lipinski definition) is 4. The molecule has 0 saturated heterocycles. The third kappa shape index (κ3) is 3.72. The van der Waals surface area contributed by atoms with Crippen LogP contribution in [0.25, 0.3) is 11.1 Å².